The Kier molecular flexibility index (Phi) is 2.78. The summed E-state index contributed by atoms with van der Waals surface area (Å²) in [7, 11) is 0. The molecule has 2 unspecified atom stereocenters. The lowest BCUT2D eigenvalue weighted by atomic mass is 9.58. The number of nitrogens with one attached hydrogen (secondary N) is 4. The number of hydrogen-bond acceptors (Lipinski definition) is 4. The van der Waals surface area contributed by atoms with Gasteiger partial charge in [-0.2, -0.15) is 0 Å². The zero-order valence-electron chi connectivity index (χ0n) is 11.8. The molecule has 4 heteroatoms. The minimum atomic E-state index is 0.429. The fourth-order valence-electron chi connectivity index (χ4n) is 5.00. The monoisotopic (exact) mass is 262 g/mol. The highest BCUT2D eigenvalue weighted by molar-refractivity contribution is 5.35. The highest BCUT2D eigenvalue weighted by atomic mass is 15.1. The Morgan fingerprint density at radius 3 is 1.95 bits per heavy atom. The summed E-state index contributed by atoms with van der Waals surface area (Å²) in [5.41, 5.74) is 2.61. The molecule has 0 radical (unpaired) electrons. The predicted molar refractivity (Wildman–Crippen MR) is 76.7 cm³/mol. The summed E-state index contributed by atoms with van der Waals surface area (Å²) < 4.78 is 0. The minimum absolute atomic E-state index is 0.429. The summed E-state index contributed by atoms with van der Waals surface area (Å²) in [5, 5.41) is 14.6. The van der Waals surface area contributed by atoms with Gasteiger partial charge in [0.1, 0.15) is 0 Å². The zero-order valence-corrected chi connectivity index (χ0v) is 11.8. The van der Waals surface area contributed by atoms with E-state index in [1.165, 1.54) is 64.1 Å². The Morgan fingerprint density at radius 1 is 0.684 bits per heavy atom. The van der Waals surface area contributed by atoms with Crippen molar-refractivity contribution >= 4 is 0 Å². The molecule has 2 saturated heterocycles. The Balaban J connectivity index is 1.79. The molecule has 2 fully saturated rings. The highest BCUT2D eigenvalue weighted by Gasteiger charge is 2.52. The second-order valence-corrected chi connectivity index (χ2v) is 6.87. The first-order valence-electron chi connectivity index (χ1n) is 7.99. The summed E-state index contributed by atoms with van der Waals surface area (Å²) in [6, 6.07) is 0. The van der Waals surface area contributed by atoms with Crippen molar-refractivity contribution in [2.75, 3.05) is 39.3 Å². The molecule has 106 valence electrons. The van der Waals surface area contributed by atoms with E-state index >= 15 is 0 Å². The zero-order chi connectivity index (χ0) is 12.8. The second-order valence-electron chi connectivity index (χ2n) is 6.87. The van der Waals surface area contributed by atoms with Crippen LogP contribution in [0.2, 0.25) is 0 Å². The van der Waals surface area contributed by atoms with Gasteiger partial charge in [0.15, 0.2) is 0 Å². The first kappa shape index (κ1) is 12.0. The second kappa shape index (κ2) is 4.38. The van der Waals surface area contributed by atoms with E-state index in [9.17, 15) is 0 Å². The van der Waals surface area contributed by atoms with Crippen LogP contribution in [-0.2, 0) is 0 Å². The molecule has 4 aliphatic rings. The molecule has 4 N–H and O–H groups in total. The molecule has 0 aromatic heterocycles. The van der Waals surface area contributed by atoms with Crippen LogP contribution in [0, 0.1) is 10.8 Å². The molecule has 0 bridgehead atoms. The lowest BCUT2D eigenvalue weighted by molar-refractivity contribution is 0.150. The first-order chi connectivity index (χ1) is 9.35. The lowest BCUT2D eigenvalue weighted by Crippen LogP contribution is -2.56. The Labute approximate surface area is 115 Å². The van der Waals surface area contributed by atoms with Crippen molar-refractivity contribution in [2.24, 2.45) is 10.8 Å². The lowest BCUT2D eigenvalue weighted by Gasteiger charge is -2.52. The summed E-state index contributed by atoms with van der Waals surface area (Å²) in [5.74, 6) is 1.39. The molecule has 4 rings (SSSR count). The van der Waals surface area contributed by atoms with Gasteiger partial charge in [-0.25, -0.2) is 0 Å². The smallest absolute Gasteiger partial charge is 0.0990 e. The summed E-state index contributed by atoms with van der Waals surface area (Å²) in [4.78, 5) is 0. The Morgan fingerprint density at radius 2 is 1.32 bits per heavy atom. The fourth-order valence-corrected chi connectivity index (χ4v) is 5.00. The van der Waals surface area contributed by atoms with Crippen LogP contribution in [0.4, 0.5) is 0 Å². The van der Waals surface area contributed by atoms with Crippen LogP contribution in [0.3, 0.4) is 0 Å². The maximum absolute atomic E-state index is 3.67. The highest BCUT2D eigenvalue weighted by Crippen LogP contribution is 2.53. The van der Waals surface area contributed by atoms with Gasteiger partial charge in [-0.3, -0.25) is 0 Å². The summed E-state index contributed by atoms with van der Waals surface area (Å²) >= 11 is 0. The van der Waals surface area contributed by atoms with Crippen molar-refractivity contribution in [3.63, 3.8) is 0 Å². The van der Waals surface area contributed by atoms with Gasteiger partial charge in [0, 0.05) is 37.0 Å². The molecule has 0 saturated carbocycles. The molecule has 4 heterocycles. The van der Waals surface area contributed by atoms with Crippen molar-refractivity contribution < 1.29 is 0 Å². The van der Waals surface area contributed by atoms with E-state index in [0.29, 0.717) is 10.8 Å². The van der Waals surface area contributed by atoms with E-state index in [1.54, 1.807) is 5.57 Å². The maximum atomic E-state index is 3.67. The molecule has 2 atom stereocenters. The largest absolute Gasteiger partial charge is 0.372 e. The molecule has 0 aliphatic carbocycles. The normalized spacial score (nSPS) is 42.1. The van der Waals surface area contributed by atoms with Crippen LogP contribution in [0.1, 0.15) is 32.1 Å². The van der Waals surface area contributed by atoms with E-state index in [4.69, 9.17) is 0 Å². The summed E-state index contributed by atoms with van der Waals surface area (Å²) in [6.07, 6.45) is 6.66. The van der Waals surface area contributed by atoms with Gasteiger partial charge in [-0.05, 0) is 50.8 Å². The molecular formula is C15H26N4. The maximum Gasteiger partial charge on any atom is 0.0990 e. The predicted octanol–water partition coefficient (Wildman–Crippen LogP) is 0.534. The molecule has 4 aliphatic heterocycles. The van der Waals surface area contributed by atoms with E-state index in [1.807, 2.05) is 0 Å². The molecule has 4 nitrogen and oxygen atoms in total. The number of hydrogen-bond donors (Lipinski definition) is 4. The molecule has 0 amide bonds. The number of fused-ring (bicyclic) bond motifs is 2. The molecule has 0 aromatic carbocycles. The quantitative estimate of drug-likeness (QED) is 0.514. The Bertz CT molecular complexity index is 385. The fraction of sp³-hybridized carbons (Fsp3) is 0.867. The third-order valence-electron chi connectivity index (χ3n) is 5.84. The number of rotatable bonds is 0. The minimum Gasteiger partial charge on any atom is -0.372 e. The van der Waals surface area contributed by atoms with Gasteiger partial charge < -0.3 is 21.3 Å². The van der Waals surface area contributed by atoms with E-state index in [-0.39, 0.29) is 0 Å². The van der Waals surface area contributed by atoms with Crippen molar-refractivity contribution in [3.8, 4) is 0 Å². The summed E-state index contributed by atoms with van der Waals surface area (Å²) in [6.45, 7) is 7.05. The standard InChI is InChI=1S/C15H26N4/c1-2-14(10-16-6-1)4-8-18-13-12(14)15(5-9-19-13)3-7-17-11-15/h16-19H,1-11H2. The van der Waals surface area contributed by atoms with Gasteiger partial charge >= 0.3 is 0 Å². The van der Waals surface area contributed by atoms with Crippen molar-refractivity contribution in [3.05, 3.63) is 11.4 Å². The van der Waals surface area contributed by atoms with Crippen LogP contribution in [-0.4, -0.2) is 39.3 Å². The van der Waals surface area contributed by atoms with Crippen LogP contribution in [0.5, 0.6) is 0 Å². The molecule has 0 aromatic rings. The third kappa shape index (κ3) is 1.73. The van der Waals surface area contributed by atoms with Crippen LogP contribution >= 0.6 is 0 Å². The van der Waals surface area contributed by atoms with Gasteiger partial charge in [0.05, 0.1) is 5.82 Å². The van der Waals surface area contributed by atoms with Crippen molar-refractivity contribution in [1.82, 2.24) is 21.3 Å². The van der Waals surface area contributed by atoms with Crippen molar-refractivity contribution in [2.45, 2.75) is 32.1 Å². The van der Waals surface area contributed by atoms with Crippen LogP contribution in [0.15, 0.2) is 11.4 Å². The molecular weight excluding hydrogens is 236 g/mol. The number of piperidine rings is 1. The average Bonchev–Trinajstić information content (AvgIpc) is 2.89. The molecule has 19 heavy (non-hydrogen) atoms. The van der Waals surface area contributed by atoms with E-state index in [2.05, 4.69) is 21.3 Å². The van der Waals surface area contributed by atoms with Crippen LogP contribution < -0.4 is 21.3 Å². The van der Waals surface area contributed by atoms with Crippen LogP contribution in [0.25, 0.3) is 0 Å². The van der Waals surface area contributed by atoms with Gasteiger partial charge in [0.25, 0.3) is 0 Å². The Hall–Kier alpha value is -0.740. The topological polar surface area (TPSA) is 48.1 Å². The van der Waals surface area contributed by atoms with E-state index in [0.717, 1.165) is 13.1 Å². The van der Waals surface area contributed by atoms with E-state index < -0.39 is 0 Å². The first-order valence-corrected chi connectivity index (χ1v) is 7.99. The SMILES string of the molecule is C1CNCC2(C1)CCNC1=C2C2(CCNC2)CCN1. The van der Waals surface area contributed by atoms with Gasteiger partial charge in [0.2, 0.25) is 0 Å². The van der Waals surface area contributed by atoms with Gasteiger partial charge in [-0.1, -0.05) is 0 Å². The average molecular weight is 262 g/mol. The molecule has 2 spiro atoms. The van der Waals surface area contributed by atoms with Crippen molar-refractivity contribution in [1.29, 1.82) is 0 Å². The third-order valence-corrected chi connectivity index (χ3v) is 5.84. The van der Waals surface area contributed by atoms with Gasteiger partial charge in [-0.15, -0.1) is 0 Å².